The monoisotopic (exact) mass is 312 g/mol. The Labute approximate surface area is 131 Å². The number of anilines is 1. The molecule has 3 rings (SSSR count). The van der Waals surface area contributed by atoms with Gasteiger partial charge in [0.05, 0.1) is 5.39 Å². The number of nitrogens with two attached hydrogens (primary N) is 2. The average Bonchev–Trinajstić information content (AvgIpc) is 2.57. The van der Waals surface area contributed by atoms with Gasteiger partial charge in [-0.3, -0.25) is 18.9 Å². The molecule has 0 bridgehead atoms. The van der Waals surface area contributed by atoms with Crippen LogP contribution in [0.4, 0.5) is 5.82 Å². The molecule has 0 saturated carbocycles. The van der Waals surface area contributed by atoms with Crippen molar-refractivity contribution < 1.29 is 0 Å². The lowest BCUT2D eigenvalue weighted by Gasteiger charge is -2.15. The highest BCUT2D eigenvalue weighted by Gasteiger charge is 2.20. The molecule has 0 unspecified atom stereocenters. The fourth-order valence-corrected chi connectivity index (χ4v) is 2.68. The second-order valence-corrected chi connectivity index (χ2v) is 5.20. The van der Waals surface area contributed by atoms with Gasteiger partial charge in [0.15, 0.2) is 5.65 Å². The Balaban J connectivity index is 2.65. The van der Waals surface area contributed by atoms with E-state index in [0.29, 0.717) is 22.1 Å². The molecule has 8 nitrogen and oxygen atoms in total. The number of hydrogen-bond acceptors (Lipinski definition) is 6. The molecule has 3 aromatic heterocycles. The van der Waals surface area contributed by atoms with Gasteiger partial charge in [0.25, 0.3) is 5.56 Å². The van der Waals surface area contributed by atoms with Gasteiger partial charge in [0.2, 0.25) is 0 Å². The van der Waals surface area contributed by atoms with E-state index < -0.39 is 11.2 Å². The van der Waals surface area contributed by atoms with E-state index in [1.54, 1.807) is 25.5 Å². The minimum absolute atomic E-state index is 0.116. The quantitative estimate of drug-likeness (QED) is 0.672. The molecule has 0 spiro atoms. The van der Waals surface area contributed by atoms with Gasteiger partial charge in [-0.05, 0) is 6.07 Å². The molecule has 4 N–H and O–H groups in total. The van der Waals surface area contributed by atoms with Crippen LogP contribution in [0.1, 0.15) is 5.56 Å². The highest BCUT2D eigenvalue weighted by Crippen LogP contribution is 2.31. The minimum Gasteiger partial charge on any atom is -0.383 e. The van der Waals surface area contributed by atoms with Crippen molar-refractivity contribution in [1.29, 1.82) is 0 Å². The van der Waals surface area contributed by atoms with Crippen LogP contribution < -0.4 is 22.7 Å². The first-order valence-electron chi connectivity index (χ1n) is 6.96. The van der Waals surface area contributed by atoms with E-state index in [9.17, 15) is 9.59 Å². The molecule has 118 valence electrons. The molecule has 0 aliphatic heterocycles. The molecule has 0 radical (unpaired) electrons. The molecule has 0 aliphatic carbocycles. The lowest BCUT2D eigenvalue weighted by molar-refractivity contribution is 0.708. The van der Waals surface area contributed by atoms with Crippen LogP contribution in [-0.2, 0) is 20.6 Å². The second kappa shape index (κ2) is 5.33. The van der Waals surface area contributed by atoms with Crippen molar-refractivity contribution in [2.45, 2.75) is 6.54 Å². The van der Waals surface area contributed by atoms with Crippen LogP contribution in [0.15, 0.2) is 34.1 Å². The van der Waals surface area contributed by atoms with Crippen LogP contribution in [0.25, 0.3) is 22.2 Å². The maximum absolute atomic E-state index is 12.7. The molecule has 3 heterocycles. The molecule has 0 saturated heterocycles. The lowest BCUT2D eigenvalue weighted by atomic mass is 9.98. The predicted molar refractivity (Wildman–Crippen MR) is 87.8 cm³/mol. The Morgan fingerprint density at radius 1 is 1.22 bits per heavy atom. The van der Waals surface area contributed by atoms with Gasteiger partial charge in [-0.2, -0.15) is 0 Å². The average molecular weight is 312 g/mol. The molecule has 0 amide bonds. The first kappa shape index (κ1) is 14.9. The molecular formula is C15H16N6O2. The number of nitrogen functional groups attached to an aromatic ring is 1. The van der Waals surface area contributed by atoms with E-state index in [2.05, 4.69) is 9.97 Å². The smallest absolute Gasteiger partial charge is 0.332 e. The fraction of sp³-hybridized carbons (Fsp3) is 0.200. The van der Waals surface area contributed by atoms with Crippen molar-refractivity contribution in [3.8, 4) is 11.1 Å². The molecule has 0 aromatic carbocycles. The summed E-state index contributed by atoms with van der Waals surface area (Å²) in [5, 5.41) is 0.303. The summed E-state index contributed by atoms with van der Waals surface area (Å²) < 4.78 is 2.34. The van der Waals surface area contributed by atoms with E-state index in [1.165, 1.54) is 11.6 Å². The largest absolute Gasteiger partial charge is 0.383 e. The first-order chi connectivity index (χ1) is 11.0. The Morgan fingerprint density at radius 3 is 2.57 bits per heavy atom. The third-order valence-electron chi connectivity index (χ3n) is 3.88. The van der Waals surface area contributed by atoms with Crippen LogP contribution in [0.3, 0.4) is 0 Å². The summed E-state index contributed by atoms with van der Waals surface area (Å²) in [5.74, 6) is 0.196. The van der Waals surface area contributed by atoms with Crippen molar-refractivity contribution in [2.75, 3.05) is 5.73 Å². The van der Waals surface area contributed by atoms with Crippen molar-refractivity contribution in [2.24, 2.45) is 19.8 Å². The second-order valence-electron chi connectivity index (χ2n) is 5.20. The zero-order chi connectivity index (χ0) is 16.7. The molecule has 0 fully saturated rings. The number of hydrogen-bond donors (Lipinski definition) is 2. The van der Waals surface area contributed by atoms with Gasteiger partial charge < -0.3 is 11.5 Å². The summed E-state index contributed by atoms with van der Waals surface area (Å²) in [5.41, 5.74) is 13.0. The van der Waals surface area contributed by atoms with Gasteiger partial charge in [-0.15, -0.1) is 0 Å². The van der Waals surface area contributed by atoms with Gasteiger partial charge in [0, 0.05) is 49.7 Å². The first-order valence-corrected chi connectivity index (χ1v) is 6.96. The van der Waals surface area contributed by atoms with Crippen LogP contribution in [-0.4, -0.2) is 19.1 Å². The van der Waals surface area contributed by atoms with Crippen LogP contribution in [0.2, 0.25) is 0 Å². The van der Waals surface area contributed by atoms with Gasteiger partial charge in [0.1, 0.15) is 5.82 Å². The minimum atomic E-state index is -0.466. The molecular weight excluding hydrogens is 296 g/mol. The Bertz CT molecular complexity index is 1020. The summed E-state index contributed by atoms with van der Waals surface area (Å²) in [4.78, 5) is 33.1. The number of pyridine rings is 2. The number of aromatic nitrogens is 4. The normalized spacial score (nSPS) is 11.1. The molecule has 23 heavy (non-hydrogen) atoms. The number of aryl methyl sites for hydroxylation is 1. The molecule has 0 atom stereocenters. The van der Waals surface area contributed by atoms with Gasteiger partial charge in [-0.25, -0.2) is 9.78 Å². The highest BCUT2D eigenvalue weighted by molar-refractivity contribution is 5.96. The third kappa shape index (κ3) is 2.11. The summed E-state index contributed by atoms with van der Waals surface area (Å²) in [7, 11) is 2.97. The molecule has 8 heteroatoms. The third-order valence-corrected chi connectivity index (χ3v) is 3.88. The van der Waals surface area contributed by atoms with Crippen molar-refractivity contribution in [3.63, 3.8) is 0 Å². The van der Waals surface area contributed by atoms with E-state index >= 15 is 0 Å². The maximum Gasteiger partial charge on any atom is 0.332 e. The lowest BCUT2D eigenvalue weighted by Crippen LogP contribution is -2.38. The van der Waals surface area contributed by atoms with E-state index in [1.807, 2.05) is 6.07 Å². The Kier molecular flexibility index (Phi) is 3.45. The summed E-state index contributed by atoms with van der Waals surface area (Å²) >= 11 is 0. The zero-order valence-electron chi connectivity index (χ0n) is 12.8. The van der Waals surface area contributed by atoms with Crippen molar-refractivity contribution >= 4 is 16.9 Å². The Morgan fingerprint density at radius 2 is 1.96 bits per heavy atom. The fourth-order valence-electron chi connectivity index (χ4n) is 2.68. The summed E-state index contributed by atoms with van der Waals surface area (Å²) in [6.45, 7) is 0.116. The van der Waals surface area contributed by atoms with Gasteiger partial charge >= 0.3 is 5.69 Å². The van der Waals surface area contributed by atoms with Gasteiger partial charge in [-0.1, -0.05) is 6.07 Å². The van der Waals surface area contributed by atoms with E-state index in [0.717, 1.165) is 4.57 Å². The van der Waals surface area contributed by atoms with Crippen LogP contribution in [0.5, 0.6) is 0 Å². The van der Waals surface area contributed by atoms with Crippen molar-refractivity contribution in [3.05, 3.63) is 50.9 Å². The number of nitrogens with zero attached hydrogens (tertiary/aromatic N) is 4. The topological polar surface area (TPSA) is 122 Å². The molecule has 0 aliphatic rings. The summed E-state index contributed by atoms with van der Waals surface area (Å²) in [6, 6.07) is 3.56. The SMILES string of the molecule is Cn1c(=O)c2c(-c3cccnc3)c(CN)c(N)nc2n(C)c1=O. The van der Waals surface area contributed by atoms with E-state index in [4.69, 9.17) is 11.5 Å². The standard InChI is InChI=1S/C15H16N6O2/c1-20-13-11(14(22)21(2)15(20)23)10(8-4-3-5-18-7-8)9(6-16)12(17)19-13/h3-5,7H,6,16H2,1-2H3,(H2,17,19). The highest BCUT2D eigenvalue weighted by atomic mass is 16.2. The maximum atomic E-state index is 12.7. The zero-order valence-corrected chi connectivity index (χ0v) is 12.8. The predicted octanol–water partition coefficient (Wildman–Crippen LogP) is -0.265. The van der Waals surface area contributed by atoms with Crippen LogP contribution in [0, 0.1) is 0 Å². The van der Waals surface area contributed by atoms with Crippen molar-refractivity contribution in [1.82, 2.24) is 19.1 Å². The Hall–Kier alpha value is -3.00. The molecule has 3 aromatic rings. The summed E-state index contributed by atoms with van der Waals surface area (Å²) in [6.07, 6.45) is 3.25. The number of rotatable bonds is 2. The van der Waals surface area contributed by atoms with E-state index in [-0.39, 0.29) is 18.0 Å². The van der Waals surface area contributed by atoms with Crippen LogP contribution >= 0.6 is 0 Å². The number of fused-ring (bicyclic) bond motifs is 1.